The van der Waals surface area contributed by atoms with Gasteiger partial charge in [-0.05, 0) is 72.8 Å². The zero-order chi connectivity index (χ0) is 15.6. The molecule has 0 aromatic heterocycles. The number of halogens is 3. The molecule has 3 nitrogen and oxygen atoms in total. The Hall–Kier alpha value is -1.66. The number of hydrogen-bond donors (Lipinski definition) is 2. The lowest BCUT2D eigenvalue weighted by molar-refractivity contribution is -0.131. The third kappa shape index (κ3) is 3.71. The van der Waals surface area contributed by atoms with Gasteiger partial charge in [-0.15, -0.1) is 0 Å². The van der Waals surface area contributed by atoms with Crippen LogP contribution in [0.15, 0.2) is 51.4 Å². The van der Waals surface area contributed by atoms with E-state index in [0.717, 1.165) is 6.08 Å². The van der Waals surface area contributed by atoms with E-state index in [4.69, 9.17) is 10.8 Å². The Labute approximate surface area is 137 Å². The summed E-state index contributed by atoms with van der Waals surface area (Å²) in [6.07, 6.45) is 1.08. The van der Waals surface area contributed by atoms with Crippen molar-refractivity contribution in [3.63, 3.8) is 0 Å². The zero-order valence-corrected chi connectivity index (χ0v) is 13.8. The van der Waals surface area contributed by atoms with E-state index in [1.807, 2.05) is 0 Å². The predicted octanol–water partition coefficient (Wildman–Crippen LogP) is 4.45. The molecular weight excluding hydrogens is 405 g/mol. The fraction of sp³-hybridized carbons (Fsp3) is 0. The minimum Gasteiger partial charge on any atom is -0.478 e. The second-order valence-corrected chi connectivity index (χ2v) is 5.97. The van der Waals surface area contributed by atoms with E-state index in [0.29, 0.717) is 31.3 Å². The van der Waals surface area contributed by atoms with E-state index in [-0.39, 0.29) is 5.82 Å². The fourth-order valence-electron chi connectivity index (χ4n) is 1.83. The number of benzene rings is 2. The SMILES string of the molecule is Nc1c(Br)cc(/C(=C/C(=O)O)c2ccc(F)cc2)cc1Br. The first-order valence-corrected chi connectivity index (χ1v) is 7.42. The molecule has 2 aromatic carbocycles. The molecule has 0 aliphatic carbocycles. The van der Waals surface area contributed by atoms with E-state index < -0.39 is 5.97 Å². The molecule has 0 saturated carbocycles. The molecule has 0 bridgehead atoms. The maximum absolute atomic E-state index is 13.0. The van der Waals surface area contributed by atoms with E-state index >= 15 is 0 Å². The van der Waals surface area contributed by atoms with Gasteiger partial charge in [-0.1, -0.05) is 12.1 Å². The van der Waals surface area contributed by atoms with Crippen LogP contribution in [0.3, 0.4) is 0 Å². The molecule has 108 valence electrons. The van der Waals surface area contributed by atoms with Crippen LogP contribution < -0.4 is 5.73 Å². The summed E-state index contributed by atoms with van der Waals surface area (Å²) >= 11 is 6.65. The van der Waals surface area contributed by atoms with Gasteiger partial charge >= 0.3 is 5.97 Å². The standard InChI is InChI=1S/C15H10Br2FNO2/c16-12-5-9(6-13(17)15(12)19)11(7-14(20)21)8-1-3-10(18)4-2-8/h1-7H,19H2,(H,20,21)/b11-7+. The van der Waals surface area contributed by atoms with Gasteiger partial charge in [0.05, 0.1) is 5.69 Å². The highest BCUT2D eigenvalue weighted by Crippen LogP contribution is 2.34. The van der Waals surface area contributed by atoms with Gasteiger partial charge in [-0.2, -0.15) is 0 Å². The van der Waals surface area contributed by atoms with Crippen LogP contribution in [0.1, 0.15) is 11.1 Å². The van der Waals surface area contributed by atoms with Gasteiger partial charge in [0.25, 0.3) is 0 Å². The highest BCUT2D eigenvalue weighted by atomic mass is 79.9. The van der Waals surface area contributed by atoms with Crippen molar-refractivity contribution in [2.45, 2.75) is 0 Å². The Bertz CT molecular complexity index is 704. The average Bonchev–Trinajstić information content (AvgIpc) is 2.42. The average molecular weight is 415 g/mol. The summed E-state index contributed by atoms with van der Waals surface area (Å²) in [4.78, 5) is 11.1. The van der Waals surface area contributed by atoms with Gasteiger partial charge in [0, 0.05) is 15.0 Å². The summed E-state index contributed by atoms with van der Waals surface area (Å²) in [5.74, 6) is -1.47. The summed E-state index contributed by atoms with van der Waals surface area (Å²) in [6, 6.07) is 9.07. The molecule has 0 unspecified atom stereocenters. The number of nitrogens with two attached hydrogens (primary N) is 1. The molecular formula is C15H10Br2FNO2. The molecule has 3 N–H and O–H groups in total. The van der Waals surface area contributed by atoms with Crippen LogP contribution >= 0.6 is 31.9 Å². The van der Waals surface area contributed by atoms with Crippen LogP contribution in [0.5, 0.6) is 0 Å². The van der Waals surface area contributed by atoms with Gasteiger partial charge in [0.15, 0.2) is 0 Å². The molecule has 0 fully saturated rings. The highest BCUT2D eigenvalue weighted by Gasteiger charge is 2.11. The largest absolute Gasteiger partial charge is 0.478 e. The number of aliphatic carboxylic acids is 1. The lowest BCUT2D eigenvalue weighted by Crippen LogP contribution is -1.97. The first kappa shape index (κ1) is 15.7. The lowest BCUT2D eigenvalue weighted by atomic mass is 9.97. The van der Waals surface area contributed by atoms with Gasteiger partial charge < -0.3 is 10.8 Å². The van der Waals surface area contributed by atoms with Crippen molar-refractivity contribution in [2.75, 3.05) is 5.73 Å². The molecule has 0 saturated heterocycles. The third-order valence-electron chi connectivity index (χ3n) is 2.81. The zero-order valence-electron chi connectivity index (χ0n) is 10.6. The van der Waals surface area contributed by atoms with Crippen LogP contribution in [0.2, 0.25) is 0 Å². The molecule has 2 rings (SSSR count). The van der Waals surface area contributed by atoms with E-state index in [2.05, 4.69) is 31.9 Å². The minimum absolute atomic E-state index is 0.381. The van der Waals surface area contributed by atoms with E-state index in [9.17, 15) is 9.18 Å². The first-order valence-electron chi connectivity index (χ1n) is 5.84. The lowest BCUT2D eigenvalue weighted by Gasteiger charge is -2.11. The van der Waals surface area contributed by atoms with Crippen LogP contribution in [0.4, 0.5) is 10.1 Å². The van der Waals surface area contributed by atoms with E-state index in [1.54, 1.807) is 12.1 Å². The van der Waals surface area contributed by atoms with Crippen molar-refractivity contribution in [2.24, 2.45) is 0 Å². The maximum Gasteiger partial charge on any atom is 0.328 e. The first-order chi connectivity index (χ1) is 9.88. The Morgan fingerprint density at radius 3 is 2.10 bits per heavy atom. The molecule has 21 heavy (non-hydrogen) atoms. The summed E-state index contributed by atoms with van der Waals surface area (Å²) in [5.41, 5.74) is 8.06. The summed E-state index contributed by atoms with van der Waals surface area (Å²) in [5, 5.41) is 9.06. The van der Waals surface area contributed by atoms with Crippen molar-refractivity contribution in [1.29, 1.82) is 0 Å². The van der Waals surface area contributed by atoms with Crippen LogP contribution in [0.25, 0.3) is 5.57 Å². The van der Waals surface area contributed by atoms with Gasteiger partial charge in [0.1, 0.15) is 5.82 Å². The number of nitrogen functional groups attached to an aromatic ring is 1. The summed E-state index contributed by atoms with van der Waals surface area (Å²) in [7, 11) is 0. The monoisotopic (exact) mass is 413 g/mol. The second-order valence-electron chi connectivity index (χ2n) is 4.26. The third-order valence-corrected chi connectivity index (χ3v) is 4.13. The number of hydrogen-bond acceptors (Lipinski definition) is 2. The quantitative estimate of drug-likeness (QED) is 0.576. The molecule has 6 heteroatoms. The van der Waals surface area contributed by atoms with Gasteiger partial charge in [-0.25, -0.2) is 9.18 Å². The van der Waals surface area contributed by atoms with Crippen molar-refractivity contribution in [1.82, 2.24) is 0 Å². The van der Waals surface area contributed by atoms with Crippen molar-refractivity contribution >= 4 is 49.1 Å². The van der Waals surface area contributed by atoms with Gasteiger partial charge in [-0.3, -0.25) is 0 Å². The Morgan fingerprint density at radius 1 is 1.10 bits per heavy atom. The number of rotatable bonds is 3. The molecule has 0 spiro atoms. The van der Waals surface area contributed by atoms with Gasteiger partial charge in [0.2, 0.25) is 0 Å². The number of carbonyl (C=O) groups is 1. The number of anilines is 1. The Kier molecular flexibility index (Phi) is 4.80. The predicted molar refractivity (Wildman–Crippen MR) is 87.4 cm³/mol. The van der Waals surface area contributed by atoms with Crippen molar-refractivity contribution in [3.8, 4) is 0 Å². The molecule has 0 aliphatic heterocycles. The molecule has 2 aromatic rings. The smallest absolute Gasteiger partial charge is 0.328 e. The fourth-order valence-corrected chi connectivity index (χ4v) is 3.01. The van der Waals surface area contributed by atoms with Crippen LogP contribution in [0, 0.1) is 5.82 Å². The Morgan fingerprint density at radius 2 is 1.62 bits per heavy atom. The molecule has 0 atom stereocenters. The number of carboxylic acid groups (broad SMARTS) is 1. The second kappa shape index (κ2) is 6.41. The van der Waals surface area contributed by atoms with Crippen molar-refractivity contribution in [3.05, 3.63) is 68.4 Å². The molecule has 0 radical (unpaired) electrons. The van der Waals surface area contributed by atoms with Crippen LogP contribution in [-0.4, -0.2) is 11.1 Å². The number of carboxylic acids is 1. The molecule has 0 amide bonds. The van der Waals surface area contributed by atoms with E-state index in [1.165, 1.54) is 24.3 Å². The van der Waals surface area contributed by atoms with Crippen molar-refractivity contribution < 1.29 is 14.3 Å². The summed E-state index contributed by atoms with van der Waals surface area (Å²) in [6.45, 7) is 0. The highest BCUT2D eigenvalue weighted by molar-refractivity contribution is 9.11. The molecule has 0 heterocycles. The normalized spacial score (nSPS) is 11.5. The maximum atomic E-state index is 13.0. The Balaban J connectivity index is 2.62. The molecule has 0 aliphatic rings. The van der Waals surface area contributed by atoms with Crippen LogP contribution in [-0.2, 0) is 4.79 Å². The minimum atomic E-state index is -1.08. The summed E-state index contributed by atoms with van der Waals surface area (Å²) < 4.78 is 14.3. The topological polar surface area (TPSA) is 63.3 Å².